The molecule has 0 aromatic heterocycles. The summed E-state index contributed by atoms with van der Waals surface area (Å²) in [6.07, 6.45) is 0. The van der Waals surface area contributed by atoms with Gasteiger partial charge in [0, 0.05) is 11.4 Å². The molecule has 76 heavy (non-hydrogen) atoms. The van der Waals surface area contributed by atoms with Gasteiger partial charge in [0.15, 0.2) is 0 Å². The highest BCUT2D eigenvalue weighted by Crippen LogP contribution is 2.67. The van der Waals surface area contributed by atoms with Gasteiger partial charge in [0.2, 0.25) is 0 Å². The molecular weight excluding hydrogens is 917 g/mol. The lowest BCUT2D eigenvalue weighted by Crippen LogP contribution is -2.42. The fraction of sp³-hybridized carbons (Fsp3) is 0.0270. The van der Waals surface area contributed by atoms with E-state index in [-0.39, 0.29) is 0 Å². The van der Waals surface area contributed by atoms with E-state index in [1.54, 1.807) is 0 Å². The van der Waals surface area contributed by atoms with Crippen LogP contribution in [-0.4, -0.2) is 0 Å². The summed E-state index contributed by atoms with van der Waals surface area (Å²) < 4.78 is 0. The quantitative estimate of drug-likeness (QED) is 0.170. The second-order valence-electron chi connectivity index (χ2n) is 20.6. The summed E-state index contributed by atoms with van der Waals surface area (Å²) >= 11 is 0. The van der Waals surface area contributed by atoms with E-state index >= 15 is 0 Å². The van der Waals surface area contributed by atoms with Crippen molar-refractivity contribution in [2.24, 2.45) is 0 Å². The molecule has 2 spiro atoms. The van der Waals surface area contributed by atoms with Crippen LogP contribution in [0.15, 0.2) is 291 Å². The molecule has 0 fully saturated rings. The van der Waals surface area contributed by atoms with Crippen molar-refractivity contribution in [2.75, 3.05) is 9.80 Å². The van der Waals surface area contributed by atoms with Gasteiger partial charge in [-0.15, -0.1) is 0 Å². The molecule has 2 heteroatoms. The fourth-order valence-electron chi connectivity index (χ4n) is 14.1. The van der Waals surface area contributed by atoms with E-state index in [4.69, 9.17) is 0 Å². The lowest BCUT2D eigenvalue weighted by Gasteiger charge is -2.51. The Balaban J connectivity index is 0.964. The zero-order valence-electron chi connectivity index (χ0n) is 41.6. The summed E-state index contributed by atoms with van der Waals surface area (Å²) in [5, 5.41) is 0. The molecule has 16 rings (SSSR count). The third-order valence-electron chi connectivity index (χ3n) is 17.1. The molecule has 0 atom stereocenters. The van der Waals surface area contributed by atoms with Gasteiger partial charge in [0.1, 0.15) is 0 Å². The van der Waals surface area contributed by atoms with Crippen LogP contribution >= 0.6 is 0 Å². The summed E-state index contributed by atoms with van der Waals surface area (Å²) in [6, 6.07) is 109. The van der Waals surface area contributed by atoms with Crippen LogP contribution in [0.25, 0.3) is 55.6 Å². The van der Waals surface area contributed by atoms with Crippen LogP contribution in [0.4, 0.5) is 34.1 Å². The molecular formula is C74H48N2. The molecule has 354 valence electrons. The average Bonchev–Trinajstić information content (AvgIpc) is 4.06. The number of para-hydroxylation sites is 3. The molecule has 12 aromatic rings. The normalized spacial score (nSPS) is 14.2. The minimum absolute atomic E-state index is 0.448. The zero-order chi connectivity index (χ0) is 50.0. The molecule has 2 aliphatic heterocycles. The zero-order valence-corrected chi connectivity index (χ0v) is 41.6. The third-order valence-corrected chi connectivity index (χ3v) is 17.1. The molecule has 0 amide bonds. The number of nitrogens with zero attached hydrogens (tertiary/aromatic N) is 2. The van der Waals surface area contributed by atoms with Gasteiger partial charge in [0.25, 0.3) is 0 Å². The van der Waals surface area contributed by atoms with E-state index < -0.39 is 10.8 Å². The Bertz CT molecular complexity index is 4140. The first kappa shape index (κ1) is 42.7. The van der Waals surface area contributed by atoms with Crippen LogP contribution in [0.5, 0.6) is 0 Å². The van der Waals surface area contributed by atoms with Gasteiger partial charge in [-0.3, -0.25) is 0 Å². The van der Waals surface area contributed by atoms with Gasteiger partial charge in [-0.1, -0.05) is 237 Å². The van der Waals surface area contributed by atoms with E-state index in [1.807, 2.05) is 0 Å². The van der Waals surface area contributed by atoms with E-state index in [2.05, 4.69) is 301 Å². The van der Waals surface area contributed by atoms with Crippen LogP contribution in [-0.2, 0) is 10.8 Å². The standard InChI is InChI=1S/C74H48N2/c1-3-20-49(21-4-1)51-38-43-54(44-39-51)75-68-35-16-13-31-63(68)74(64-32-14-17-36-69(64)75)65-33-15-18-37-70(65)76(55-45-40-52(41-46-55)50-22-5-2-6-23-50)71-47-42-53(48-67(71)74)56-27-19-34-66-72(56)59-26-9-12-30-62(59)73(66)60-28-10-7-24-57(60)58-25-8-11-29-61(58)73/h1-48H. The van der Waals surface area contributed by atoms with Crippen LogP contribution < -0.4 is 9.80 Å². The molecule has 2 aliphatic carbocycles. The molecule has 0 bridgehead atoms. The van der Waals surface area contributed by atoms with Crippen LogP contribution in [0, 0.1) is 0 Å². The van der Waals surface area contributed by atoms with Crippen LogP contribution in [0.3, 0.4) is 0 Å². The van der Waals surface area contributed by atoms with Crippen molar-refractivity contribution in [2.45, 2.75) is 10.8 Å². The number of fused-ring (bicyclic) bond motifs is 18. The summed E-state index contributed by atoms with van der Waals surface area (Å²) in [7, 11) is 0. The Morgan fingerprint density at radius 3 is 1.01 bits per heavy atom. The lowest BCUT2D eigenvalue weighted by atomic mass is 9.59. The first-order valence-corrected chi connectivity index (χ1v) is 26.5. The smallest absolute Gasteiger partial charge is 0.0783 e. The monoisotopic (exact) mass is 964 g/mol. The van der Waals surface area contributed by atoms with Crippen molar-refractivity contribution in [3.05, 3.63) is 336 Å². The highest BCUT2D eigenvalue weighted by Gasteiger charge is 2.54. The SMILES string of the molecule is c1ccc(-c2ccc(N3c4ccccc4C4(c5ccccc53)c3ccccc3N(c3ccc(-c5ccccc5)cc3)c3ccc(-c5cccc6c5-c5ccccc5C65c6ccccc6-c6ccccc65)cc34)cc2)cc1. The second-order valence-corrected chi connectivity index (χ2v) is 20.6. The number of hydrogen-bond donors (Lipinski definition) is 0. The first-order valence-electron chi connectivity index (χ1n) is 26.5. The van der Waals surface area contributed by atoms with Crippen molar-refractivity contribution in [3.63, 3.8) is 0 Å². The van der Waals surface area contributed by atoms with Gasteiger partial charge < -0.3 is 9.80 Å². The number of anilines is 6. The second kappa shape index (κ2) is 16.4. The summed E-state index contributed by atoms with van der Waals surface area (Å²) in [6.45, 7) is 0. The number of hydrogen-bond acceptors (Lipinski definition) is 2. The van der Waals surface area contributed by atoms with Gasteiger partial charge in [0.05, 0.1) is 33.6 Å². The minimum atomic E-state index is -0.726. The van der Waals surface area contributed by atoms with Crippen LogP contribution in [0.2, 0.25) is 0 Å². The minimum Gasteiger partial charge on any atom is -0.310 e. The highest BCUT2D eigenvalue weighted by atomic mass is 15.2. The lowest BCUT2D eigenvalue weighted by molar-refractivity contribution is 0.719. The highest BCUT2D eigenvalue weighted by molar-refractivity contribution is 6.02. The van der Waals surface area contributed by atoms with Crippen molar-refractivity contribution < 1.29 is 0 Å². The van der Waals surface area contributed by atoms with Gasteiger partial charge in [-0.2, -0.15) is 0 Å². The number of rotatable bonds is 5. The Labute approximate surface area is 443 Å². The van der Waals surface area contributed by atoms with Crippen molar-refractivity contribution in [3.8, 4) is 55.6 Å². The predicted octanol–water partition coefficient (Wildman–Crippen LogP) is 19.0. The predicted molar refractivity (Wildman–Crippen MR) is 314 cm³/mol. The van der Waals surface area contributed by atoms with Crippen molar-refractivity contribution in [1.29, 1.82) is 0 Å². The van der Waals surface area contributed by atoms with Gasteiger partial charge >= 0.3 is 0 Å². The van der Waals surface area contributed by atoms with Crippen LogP contribution in [0.1, 0.15) is 44.5 Å². The molecule has 0 unspecified atom stereocenters. The topological polar surface area (TPSA) is 6.48 Å². The molecule has 4 aliphatic rings. The maximum atomic E-state index is 2.56. The molecule has 2 heterocycles. The fourth-order valence-corrected chi connectivity index (χ4v) is 14.1. The van der Waals surface area contributed by atoms with E-state index in [1.165, 1.54) is 100 Å². The largest absolute Gasteiger partial charge is 0.310 e. The van der Waals surface area contributed by atoms with Crippen molar-refractivity contribution in [1.82, 2.24) is 0 Å². The van der Waals surface area contributed by atoms with E-state index in [0.717, 1.165) is 34.1 Å². The summed E-state index contributed by atoms with van der Waals surface area (Å²) in [5.74, 6) is 0. The molecule has 2 nitrogen and oxygen atoms in total. The molecule has 0 saturated heterocycles. The Hall–Kier alpha value is -9.76. The Morgan fingerprint density at radius 2 is 0.526 bits per heavy atom. The van der Waals surface area contributed by atoms with Crippen molar-refractivity contribution >= 4 is 34.1 Å². The van der Waals surface area contributed by atoms with Gasteiger partial charge in [-0.25, -0.2) is 0 Å². The first-order chi connectivity index (χ1) is 37.7. The average molecular weight is 965 g/mol. The maximum Gasteiger partial charge on any atom is 0.0783 e. The Kier molecular flexibility index (Phi) is 9.20. The molecule has 0 saturated carbocycles. The third kappa shape index (κ3) is 5.76. The summed E-state index contributed by atoms with van der Waals surface area (Å²) in [4.78, 5) is 5.00. The molecule has 12 aromatic carbocycles. The Morgan fingerprint density at radius 1 is 0.197 bits per heavy atom. The number of benzene rings is 12. The molecule has 0 radical (unpaired) electrons. The summed E-state index contributed by atoms with van der Waals surface area (Å²) in [5.41, 5.74) is 28.5. The maximum absolute atomic E-state index is 2.56. The van der Waals surface area contributed by atoms with Gasteiger partial charge in [-0.05, 0) is 155 Å². The van der Waals surface area contributed by atoms with E-state index in [9.17, 15) is 0 Å². The van der Waals surface area contributed by atoms with E-state index in [0.29, 0.717) is 0 Å². The molecule has 0 N–H and O–H groups in total.